The predicted octanol–water partition coefficient (Wildman–Crippen LogP) is 3.74. The van der Waals surface area contributed by atoms with E-state index in [1.54, 1.807) is 0 Å². The number of anilines is 1. The van der Waals surface area contributed by atoms with Gasteiger partial charge in [0, 0.05) is 5.56 Å². The number of nitrogens with one attached hydrogen (secondary N) is 1. The number of carbonyl (C=O) groups is 1. The lowest BCUT2D eigenvalue weighted by atomic mass is 9.80. The Balaban J connectivity index is 2.16. The van der Waals surface area contributed by atoms with Gasteiger partial charge in [-0.2, -0.15) is 0 Å². The molecule has 104 valence electrons. The van der Waals surface area contributed by atoms with Crippen molar-refractivity contribution < 1.29 is 9.53 Å². The fourth-order valence-electron chi connectivity index (χ4n) is 1.93. The van der Waals surface area contributed by atoms with Crippen LogP contribution in [0.5, 0.6) is 0 Å². The molecule has 1 heterocycles. The fraction of sp³-hybridized carbons (Fsp3) is 0.615. The van der Waals surface area contributed by atoms with E-state index in [0.717, 1.165) is 18.4 Å². The first kappa shape index (κ1) is 14.1. The third kappa shape index (κ3) is 3.56. The van der Waals surface area contributed by atoms with Crippen LogP contribution in [0, 0.1) is 0 Å². The minimum Gasteiger partial charge on any atom is -0.444 e. The summed E-state index contributed by atoms with van der Waals surface area (Å²) in [6.45, 7) is 5.44. The van der Waals surface area contributed by atoms with Crippen molar-refractivity contribution in [2.24, 2.45) is 0 Å². The molecule has 0 radical (unpaired) electrons. The number of halogens is 1. The zero-order chi connectivity index (χ0) is 14.0. The number of carbonyl (C=O) groups excluding carboxylic acids is 1. The molecule has 0 atom stereocenters. The van der Waals surface area contributed by atoms with Crippen molar-refractivity contribution in [2.75, 3.05) is 5.32 Å². The number of aromatic nitrogens is 2. The third-order valence-electron chi connectivity index (χ3n) is 2.97. The molecule has 0 saturated heterocycles. The Morgan fingerprint density at radius 3 is 2.63 bits per heavy atom. The Morgan fingerprint density at radius 1 is 1.42 bits per heavy atom. The highest BCUT2D eigenvalue weighted by atomic mass is 35.5. The summed E-state index contributed by atoms with van der Waals surface area (Å²) in [6.07, 6.45) is 4.09. The Kier molecular flexibility index (Phi) is 3.94. The summed E-state index contributed by atoms with van der Waals surface area (Å²) in [5.41, 5.74) is 0.277. The van der Waals surface area contributed by atoms with Crippen molar-refractivity contribution >= 4 is 23.5 Å². The molecule has 1 fully saturated rings. The fourth-order valence-corrected chi connectivity index (χ4v) is 2.22. The smallest absolute Gasteiger partial charge is 0.413 e. The topological polar surface area (TPSA) is 64.1 Å². The maximum absolute atomic E-state index is 11.8. The first-order chi connectivity index (χ1) is 8.87. The van der Waals surface area contributed by atoms with Gasteiger partial charge in [0.1, 0.15) is 22.9 Å². The van der Waals surface area contributed by atoms with Crippen LogP contribution in [0.25, 0.3) is 0 Å². The van der Waals surface area contributed by atoms with Crippen LogP contribution in [0.3, 0.4) is 0 Å². The summed E-state index contributed by atoms with van der Waals surface area (Å²) in [5, 5.41) is 3.07. The van der Waals surface area contributed by atoms with Crippen molar-refractivity contribution in [3.8, 4) is 0 Å². The van der Waals surface area contributed by atoms with Crippen molar-refractivity contribution in [2.45, 2.75) is 51.6 Å². The lowest BCUT2D eigenvalue weighted by Gasteiger charge is -2.28. The van der Waals surface area contributed by atoms with Gasteiger partial charge in [-0.1, -0.05) is 18.0 Å². The molecule has 1 amide bonds. The SMILES string of the molecule is CC(C)(C)OC(=O)Nc1ncnc(Cl)c1C1CCC1. The molecule has 1 N–H and O–H groups in total. The molecule has 0 unspecified atom stereocenters. The Labute approximate surface area is 117 Å². The van der Waals surface area contributed by atoms with Gasteiger partial charge in [-0.05, 0) is 39.5 Å². The molecule has 6 heteroatoms. The minimum absolute atomic E-state index is 0.332. The van der Waals surface area contributed by atoms with Crippen molar-refractivity contribution in [1.82, 2.24) is 9.97 Å². The highest BCUT2D eigenvalue weighted by Gasteiger charge is 2.27. The zero-order valence-electron chi connectivity index (χ0n) is 11.4. The van der Waals surface area contributed by atoms with Gasteiger partial charge in [0.05, 0.1) is 0 Å². The van der Waals surface area contributed by atoms with Crippen LogP contribution in [-0.2, 0) is 4.74 Å². The van der Waals surface area contributed by atoms with Crippen molar-refractivity contribution in [3.05, 3.63) is 17.0 Å². The summed E-state index contributed by atoms with van der Waals surface area (Å²) in [5.74, 6) is 0.789. The van der Waals surface area contributed by atoms with Crippen LogP contribution < -0.4 is 5.32 Å². The second-order valence-corrected chi connectivity index (χ2v) is 6.04. The quantitative estimate of drug-likeness (QED) is 0.840. The lowest BCUT2D eigenvalue weighted by Crippen LogP contribution is -2.28. The third-order valence-corrected chi connectivity index (χ3v) is 3.27. The normalized spacial score (nSPS) is 15.8. The zero-order valence-corrected chi connectivity index (χ0v) is 12.1. The van der Waals surface area contributed by atoms with E-state index in [1.807, 2.05) is 20.8 Å². The first-order valence-electron chi connectivity index (χ1n) is 6.37. The van der Waals surface area contributed by atoms with Crippen molar-refractivity contribution in [3.63, 3.8) is 0 Å². The van der Waals surface area contributed by atoms with Gasteiger partial charge in [0.25, 0.3) is 0 Å². The number of hydrogen-bond acceptors (Lipinski definition) is 4. The Bertz CT molecular complexity index is 481. The predicted molar refractivity (Wildman–Crippen MR) is 73.5 cm³/mol. The standard InChI is InChI=1S/C13H18ClN3O2/c1-13(2,3)19-12(18)17-11-9(8-5-4-6-8)10(14)15-7-16-11/h7-8H,4-6H2,1-3H3,(H,15,16,17,18). The van der Waals surface area contributed by atoms with Gasteiger partial charge in [0.15, 0.2) is 0 Å². The van der Waals surface area contributed by atoms with Crippen LogP contribution in [0.15, 0.2) is 6.33 Å². The van der Waals surface area contributed by atoms with Gasteiger partial charge >= 0.3 is 6.09 Å². The Morgan fingerprint density at radius 2 is 2.11 bits per heavy atom. The number of nitrogens with zero attached hydrogens (tertiary/aromatic N) is 2. The average Bonchev–Trinajstić information content (AvgIpc) is 2.17. The summed E-state index contributed by atoms with van der Waals surface area (Å²) in [4.78, 5) is 19.9. The van der Waals surface area contributed by atoms with Gasteiger partial charge in [0.2, 0.25) is 0 Å². The molecule has 1 aliphatic rings. The maximum atomic E-state index is 11.8. The van der Waals surface area contributed by atoms with Crippen LogP contribution in [-0.4, -0.2) is 21.7 Å². The summed E-state index contributed by atoms with van der Waals surface area (Å²) in [7, 11) is 0. The molecule has 5 nitrogen and oxygen atoms in total. The first-order valence-corrected chi connectivity index (χ1v) is 6.75. The molecule has 0 aliphatic heterocycles. The number of ether oxygens (including phenoxy) is 1. The van der Waals surface area contributed by atoms with E-state index in [9.17, 15) is 4.79 Å². The number of rotatable bonds is 2. The van der Waals surface area contributed by atoms with Gasteiger partial charge in [-0.25, -0.2) is 14.8 Å². The van der Waals surface area contributed by atoms with E-state index in [4.69, 9.17) is 16.3 Å². The molecular weight excluding hydrogens is 266 g/mol. The van der Waals surface area contributed by atoms with Gasteiger partial charge < -0.3 is 4.74 Å². The second-order valence-electron chi connectivity index (χ2n) is 5.68. The maximum Gasteiger partial charge on any atom is 0.413 e. The largest absolute Gasteiger partial charge is 0.444 e. The molecule has 2 rings (SSSR count). The lowest BCUT2D eigenvalue weighted by molar-refractivity contribution is 0.0635. The van der Waals surface area contributed by atoms with E-state index < -0.39 is 11.7 Å². The van der Waals surface area contributed by atoms with E-state index >= 15 is 0 Å². The molecule has 1 saturated carbocycles. The Hall–Kier alpha value is -1.36. The molecular formula is C13H18ClN3O2. The highest BCUT2D eigenvalue weighted by molar-refractivity contribution is 6.30. The molecule has 0 bridgehead atoms. The molecule has 1 aromatic heterocycles. The van der Waals surface area contributed by atoms with Crippen LogP contribution in [0.1, 0.15) is 51.5 Å². The van der Waals surface area contributed by atoms with E-state index in [2.05, 4.69) is 15.3 Å². The van der Waals surface area contributed by atoms with Crippen LogP contribution in [0.4, 0.5) is 10.6 Å². The van der Waals surface area contributed by atoms with E-state index in [0.29, 0.717) is 16.9 Å². The monoisotopic (exact) mass is 283 g/mol. The molecule has 19 heavy (non-hydrogen) atoms. The molecule has 1 aliphatic carbocycles. The van der Waals surface area contributed by atoms with E-state index in [1.165, 1.54) is 12.7 Å². The number of hydrogen-bond donors (Lipinski definition) is 1. The summed E-state index contributed by atoms with van der Waals surface area (Å²) in [6, 6.07) is 0. The van der Waals surface area contributed by atoms with Gasteiger partial charge in [-0.15, -0.1) is 0 Å². The summed E-state index contributed by atoms with van der Waals surface area (Å²) >= 11 is 6.11. The van der Waals surface area contributed by atoms with Gasteiger partial charge in [-0.3, -0.25) is 5.32 Å². The molecule has 1 aromatic rings. The highest BCUT2D eigenvalue weighted by Crippen LogP contribution is 2.41. The second kappa shape index (κ2) is 5.33. The summed E-state index contributed by atoms with van der Waals surface area (Å²) < 4.78 is 5.21. The molecule has 0 spiro atoms. The van der Waals surface area contributed by atoms with Crippen molar-refractivity contribution in [1.29, 1.82) is 0 Å². The van der Waals surface area contributed by atoms with E-state index in [-0.39, 0.29) is 0 Å². The van der Waals surface area contributed by atoms with Crippen LogP contribution in [0.2, 0.25) is 5.15 Å². The average molecular weight is 284 g/mol. The molecule has 0 aromatic carbocycles. The number of amides is 1. The van der Waals surface area contributed by atoms with Crippen LogP contribution >= 0.6 is 11.6 Å². The minimum atomic E-state index is -0.544.